The van der Waals surface area contributed by atoms with Crippen molar-refractivity contribution in [1.29, 1.82) is 0 Å². The minimum Gasteiger partial charge on any atom is -0.452 e. The van der Waals surface area contributed by atoms with Crippen LogP contribution >= 0.6 is 0 Å². The van der Waals surface area contributed by atoms with Crippen LogP contribution in [0.1, 0.15) is 44.9 Å². The quantitative estimate of drug-likeness (QED) is 0.456. The molecule has 174 valence electrons. The first-order valence-electron chi connectivity index (χ1n) is 10.1. The second kappa shape index (κ2) is 9.51. The minimum atomic E-state index is -3.65. The van der Waals surface area contributed by atoms with E-state index in [0.29, 0.717) is 13.1 Å². The highest BCUT2D eigenvalue weighted by Crippen LogP contribution is 2.24. The standard InChI is InChI=1S/C22H23N3O7S/c1-4-25(5-2)33(30,31)16-9-6-14(7-10-16)22(29)32-13-19(26)23-15-8-11-17-18(12-15)21(28)24(3)20(17)27/h6-12H,4-5,13H2,1-3H3,(H,23,26). The number of imide groups is 1. The molecule has 0 unspecified atom stereocenters. The van der Waals surface area contributed by atoms with Gasteiger partial charge in [0.25, 0.3) is 17.7 Å². The summed E-state index contributed by atoms with van der Waals surface area (Å²) in [7, 11) is -2.28. The van der Waals surface area contributed by atoms with E-state index in [-0.39, 0.29) is 27.3 Å². The fourth-order valence-corrected chi connectivity index (χ4v) is 4.78. The Balaban J connectivity index is 1.60. The number of sulfonamides is 1. The van der Waals surface area contributed by atoms with E-state index in [1.54, 1.807) is 13.8 Å². The lowest BCUT2D eigenvalue weighted by Crippen LogP contribution is -2.30. The van der Waals surface area contributed by atoms with E-state index in [0.717, 1.165) is 4.90 Å². The summed E-state index contributed by atoms with van der Waals surface area (Å²) in [6, 6.07) is 9.54. The molecule has 11 heteroatoms. The number of hydrogen-bond acceptors (Lipinski definition) is 7. The van der Waals surface area contributed by atoms with E-state index >= 15 is 0 Å². The molecule has 1 aliphatic heterocycles. The van der Waals surface area contributed by atoms with Gasteiger partial charge >= 0.3 is 5.97 Å². The third kappa shape index (κ3) is 4.78. The zero-order valence-electron chi connectivity index (χ0n) is 18.3. The Hall–Kier alpha value is -3.57. The van der Waals surface area contributed by atoms with Crippen LogP contribution in [0.5, 0.6) is 0 Å². The van der Waals surface area contributed by atoms with Crippen LogP contribution < -0.4 is 5.32 Å². The molecule has 3 amide bonds. The molecule has 3 rings (SSSR count). The first kappa shape index (κ1) is 24.1. The first-order chi connectivity index (χ1) is 15.6. The molecule has 0 aromatic heterocycles. The zero-order valence-corrected chi connectivity index (χ0v) is 19.1. The van der Waals surface area contributed by atoms with Crippen LogP contribution in [-0.4, -0.2) is 68.1 Å². The number of amides is 3. The number of esters is 1. The molecule has 0 radical (unpaired) electrons. The maximum absolute atomic E-state index is 12.5. The van der Waals surface area contributed by atoms with Gasteiger partial charge in [0.1, 0.15) is 0 Å². The number of nitrogens with one attached hydrogen (secondary N) is 1. The molecule has 10 nitrogen and oxygen atoms in total. The van der Waals surface area contributed by atoms with Crippen molar-refractivity contribution in [3.8, 4) is 0 Å². The van der Waals surface area contributed by atoms with E-state index in [9.17, 15) is 27.6 Å². The number of benzene rings is 2. The van der Waals surface area contributed by atoms with Gasteiger partial charge in [-0.05, 0) is 42.5 Å². The van der Waals surface area contributed by atoms with Crippen molar-refractivity contribution in [2.75, 3.05) is 32.1 Å². The predicted octanol–water partition coefficient (Wildman–Crippen LogP) is 1.74. The summed E-state index contributed by atoms with van der Waals surface area (Å²) in [6.07, 6.45) is 0. The zero-order chi connectivity index (χ0) is 24.3. The second-order valence-electron chi connectivity index (χ2n) is 7.17. The number of hydrogen-bond donors (Lipinski definition) is 1. The first-order valence-corrected chi connectivity index (χ1v) is 11.6. The van der Waals surface area contributed by atoms with Gasteiger partial charge in [-0.3, -0.25) is 19.3 Å². The highest BCUT2D eigenvalue weighted by atomic mass is 32.2. The lowest BCUT2D eigenvalue weighted by Gasteiger charge is -2.18. The monoisotopic (exact) mass is 473 g/mol. The van der Waals surface area contributed by atoms with Crippen LogP contribution in [0.25, 0.3) is 0 Å². The molecule has 0 saturated heterocycles. The molecule has 0 fully saturated rings. The van der Waals surface area contributed by atoms with E-state index in [1.165, 1.54) is 53.8 Å². The molecule has 0 atom stereocenters. The van der Waals surface area contributed by atoms with Crippen LogP contribution in [0.3, 0.4) is 0 Å². The smallest absolute Gasteiger partial charge is 0.338 e. The number of ether oxygens (including phenoxy) is 1. The molecule has 1 N–H and O–H groups in total. The van der Waals surface area contributed by atoms with Gasteiger partial charge < -0.3 is 10.1 Å². The number of nitrogens with zero attached hydrogens (tertiary/aromatic N) is 2. The van der Waals surface area contributed by atoms with Gasteiger partial charge in [0, 0.05) is 25.8 Å². The number of carbonyl (C=O) groups excluding carboxylic acids is 4. The maximum Gasteiger partial charge on any atom is 0.338 e. The Morgan fingerprint density at radius 3 is 2.18 bits per heavy atom. The number of fused-ring (bicyclic) bond motifs is 1. The molecule has 33 heavy (non-hydrogen) atoms. The van der Waals surface area contributed by atoms with Crippen LogP contribution in [0, 0.1) is 0 Å². The Labute approximate surface area is 191 Å². The van der Waals surface area contributed by atoms with E-state index in [1.807, 2.05) is 0 Å². The molecule has 0 saturated carbocycles. The Morgan fingerprint density at radius 2 is 1.58 bits per heavy atom. The van der Waals surface area contributed by atoms with Crippen molar-refractivity contribution in [3.05, 3.63) is 59.2 Å². The summed E-state index contributed by atoms with van der Waals surface area (Å²) in [5, 5.41) is 2.50. The van der Waals surface area contributed by atoms with E-state index in [4.69, 9.17) is 4.74 Å². The summed E-state index contributed by atoms with van der Waals surface area (Å²) in [5.41, 5.74) is 0.790. The van der Waals surface area contributed by atoms with Crippen LogP contribution in [0.2, 0.25) is 0 Å². The van der Waals surface area contributed by atoms with Crippen molar-refractivity contribution >= 4 is 39.4 Å². The summed E-state index contributed by atoms with van der Waals surface area (Å²) in [5.74, 6) is -2.33. The lowest BCUT2D eigenvalue weighted by molar-refractivity contribution is -0.119. The fourth-order valence-electron chi connectivity index (χ4n) is 3.33. The number of rotatable bonds is 8. The van der Waals surface area contributed by atoms with E-state index in [2.05, 4.69) is 5.32 Å². The average molecular weight is 474 g/mol. The van der Waals surface area contributed by atoms with Gasteiger partial charge in [-0.25, -0.2) is 13.2 Å². The Bertz CT molecular complexity index is 1220. The van der Waals surface area contributed by atoms with Gasteiger partial charge in [-0.2, -0.15) is 4.31 Å². The van der Waals surface area contributed by atoms with Gasteiger partial charge in [-0.15, -0.1) is 0 Å². The van der Waals surface area contributed by atoms with Crippen LogP contribution in [0.4, 0.5) is 5.69 Å². The third-order valence-corrected chi connectivity index (χ3v) is 7.21. The molecule has 0 aliphatic carbocycles. The molecular weight excluding hydrogens is 450 g/mol. The summed E-state index contributed by atoms with van der Waals surface area (Å²) in [6.45, 7) is 3.52. The van der Waals surface area contributed by atoms with Crippen molar-refractivity contribution in [2.45, 2.75) is 18.7 Å². The second-order valence-corrected chi connectivity index (χ2v) is 9.11. The minimum absolute atomic E-state index is 0.0516. The Morgan fingerprint density at radius 1 is 0.970 bits per heavy atom. The van der Waals surface area contributed by atoms with Crippen LogP contribution in [-0.2, 0) is 19.6 Å². The van der Waals surface area contributed by atoms with Gasteiger partial charge in [0.2, 0.25) is 10.0 Å². The summed E-state index contributed by atoms with van der Waals surface area (Å²) >= 11 is 0. The molecule has 1 aliphatic rings. The molecule has 1 heterocycles. The summed E-state index contributed by atoms with van der Waals surface area (Å²) in [4.78, 5) is 49.4. The number of carbonyl (C=O) groups is 4. The number of anilines is 1. The molecule has 0 spiro atoms. The lowest BCUT2D eigenvalue weighted by atomic mass is 10.1. The SMILES string of the molecule is CCN(CC)S(=O)(=O)c1ccc(C(=O)OCC(=O)Nc2ccc3c(c2)C(=O)N(C)C3=O)cc1. The topological polar surface area (TPSA) is 130 Å². The average Bonchev–Trinajstić information content (AvgIpc) is 3.01. The van der Waals surface area contributed by atoms with Crippen LogP contribution in [0.15, 0.2) is 47.4 Å². The molecule has 2 aromatic rings. The van der Waals surface area contributed by atoms with Crippen molar-refractivity contribution in [1.82, 2.24) is 9.21 Å². The maximum atomic E-state index is 12.5. The highest BCUT2D eigenvalue weighted by molar-refractivity contribution is 7.89. The predicted molar refractivity (Wildman–Crippen MR) is 118 cm³/mol. The van der Waals surface area contributed by atoms with E-state index < -0.39 is 40.3 Å². The normalized spacial score (nSPS) is 13.3. The van der Waals surface area contributed by atoms with Crippen molar-refractivity contribution in [2.24, 2.45) is 0 Å². The van der Waals surface area contributed by atoms with Gasteiger partial charge in [0.15, 0.2) is 6.61 Å². The van der Waals surface area contributed by atoms with Gasteiger partial charge in [0.05, 0.1) is 21.6 Å². The van der Waals surface area contributed by atoms with Crippen molar-refractivity contribution in [3.63, 3.8) is 0 Å². The Kier molecular flexibility index (Phi) is 6.94. The molecular formula is C22H23N3O7S. The molecule has 2 aromatic carbocycles. The highest BCUT2D eigenvalue weighted by Gasteiger charge is 2.32. The summed E-state index contributed by atoms with van der Waals surface area (Å²) < 4.78 is 31.3. The fraction of sp³-hybridized carbons (Fsp3) is 0.273. The van der Waals surface area contributed by atoms with Crippen molar-refractivity contribution < 1.29 is 32.3 Å². The molecule has 0 bridgehead atoms. The largest absolute Gasteiger partial charge is 0.452 e. The third-order valence-electron chi connectivity index (χ3n) is 5.14. The van der Waals surface area contributed by atoms with Gasteiger partial charge in [-0.1, -0.05) is 13.8 Å².